The second-order valence-electron chi connectivity index (χ2n) is 4.83. The Labute approximate surface area is 133 Å². The second-order valence-corrected chi connectivity index (χ2v) is 4.83. The summed E-state index contributed by atoms with van der Waals surface area (Å²) >= 11 is 0. The molecular weight excluding hydrogens is 299 g/mol. The highest BCUT2D eigenvalue weighted by Crippen LogP contribution is 2.20. The molecule has 0 radical (unpaired) electrons. The molecule has 0 fully saturated rings. The molecule has 2 aromatic carbocycles. The summed E-state index contributed by atoms with van der Waals surface area (Å²) in [5.74, 6) is -1.31. The number of anilines is 2. The molecule has 0 saturated carbocycles. The van der Waals surface area contributed by atoms with Crippen molar-refractivity contribution in [3.63, 3.8) is 0 Å². The SMILES string of the molecule is COC(=O)CNc1ccc(F)c(NC(=O)Cc2ccccc2)c1. The van der Waals surface area contributed by atoms with E-state index in [2.05, 4.69) is 15.4 Å². The summed E-state index contributed by atoms with van der Waals surface area (Å²) in [7, 11) is 1.28. The number of rotatable bonds is 6. The standard InChI is InChI=1S/C17H17FN2O3/c1-23-17(22)11-19-13-7-8-14(18)15(10-13)20-16(21)9-12-5-3-2-4-6-12/h2-8,10,19H,9,11H2,1H3,(H,20,21). The van der Waals surface area contributed by atoms with Crippen LogP contribution >= 0.6 is 0 Å². The lowest BCUT2D eigenvalue weighted by atomic mass is 10.1. The molecule has 0 aromatic heterocycles. The van der Waals surface area contributed by atoms with Gasteiger partial charge in [-0.1, -0.05) is 30.3 Å². The van der Waals surface area contributed by atoms with E-state index in [1.165, 1.54) is 25.3 Å². The maximum absolute atomic E-state index is 13.8. The van der Waals surface area contributed by atoms with Gasteiger partial charge in [0.1, 0.15) is 12.4 Å². The fourth-order valence-electron chi connectivity index (χ4n) is 1.95. The highest BCUT2D eigenvalue weighted by atomic mass is 19.1. The van der Waals surface area contributed by atoms with Crippen molar-refractivity contribution in [1.29, 1.82) is 0 Å². The molecule has 0 unspecified atom stereocenters. The second kappa shape index (κ2) is 7.93. The molecule has 120 valence electrons. The summed E-state index contributed by atoms with van der Waals surface area (Å²) in [5, 5.41) is 5.32. The molecule has 0 bridgehead atoms. The van der Waals surface area contributed by atoms with Gasteiger partial charge in [-0.05, 0) is 23.8 Å². The molecule has 5 nitrogen and oxygen atoms in total. The van der Waals surface area contributed by atoms with Crippen LogP contribution < -0.4 is 10.6 Å². The van der Waals surface area contributed by atoms with Gasteiger partial charge < -0.3 is 15.4 Å². The first-order chi connectivity index (χ1) is 11.1. The van der Waals surface area contributed by atoms with Crippen LogP contribution in [0.1, 0.15) is 5.56 Å². The van der Waals surface area contributed by atoms with Gasteiger partial charge >= 0.3 is 5.97 Å². The van der Waals surface area contributed by atoms with Gasteiger partial charge in [0.15, 0.2) is 0 Å². The summed E-state index contributed by atoms with van der Waals surface area (Å²) in [4.78, 5) is 23.1. The van der Waals surface area contributed by atoms with Gasteiger partial charge in [0.2, 0.25) is 5.91 Å². The van der Waals surface area contributed by atoms with Crippen molar-refractivity contribution in [2.45, 2.75) is 6.42 Å². The Morgan fingerprint density at radius 2 is 1.87 bits per heavy atom. The molecule has 1 amide bonds. The monoisotopic (exact) mass is 316 g/mol. The van der Waals surface area contributed by atoms with Crippen molar-refractivity contribution < 1.29 is 18.7 Å². The molecule has 0 spiro atoms. The van der Waals surface area contributed by atoms with E-state index in [4.69, 9.17) is 0 Å². The molecule has 0 aliphatic heterocycles. The van der Waals surface area contributed by atoms with Gasteiger partial charge in [-0.15, -0.1) is 0 Å². The molecule has 23 heavy (non-hydrogen) atoms. The molecule has 2 N–H and O–H groups in total. The number of methoxy groups -OCH3 is 1. The van der Waals surface area contributed by atoms with E-state index in [9.17, 15) is 14.0 Å². The molecule has 0 aliphatic rings. The zero-order chi connectivity index (χ0) is 16.7. The average molecular weight is 316 g/mol. The van der Waals surface area contributed by atoms with Crippen LogP contribution in [-0.4, -0.2) is 25.5 Å². The topological polar surface area (TPSA) is 67.4 Å². The number of ether oxygens (including phenoxy) is 1. The minimum atomic E-state index is -0.546. The Morgan fingerprint density at radius 3 is 2.57 bits per heavy atom. The summed E-state index contributed by atoms with van der Waals surface area (Å²) in [6.07, 6.45) is 0.153. The Bertz CT molecular complexity index is 689. The zero-order valence-electron chi connectivity index (χ0n) is 12.6. The van der Waals surface area contributed by atoms with E-state index in [0.29, 0.717) is 5.69 Å². The van der Waals surface area contributed by atoms with Crippen molar-refractivity contribution in [3.8, 4) is 0 Å². The number of benzene rings is 2. The third-order valence-corrected chi connectivity index (χ3v) is 3.11. The summed E-state index contributed by atoms with van der Waals surface area (Å²) in [5.41, 5.74) is 1.40. The normalized spacial score (nSPS) is 10.0. The third kappa shape index (κ3) is 5.10. The van der Waals surface area contributed by atoms with Crippen molar-refractivity contribution >= 4 is 23.3 Å². The van der Waals surface area contributed by atoms with Crippen LogP contribution in [0.5, 0.6) is 0 Å². The number of carbonyl (C=O) groups is 2. The Kier molecular flexibility index (Phi) is 5.68. The maximum atomic E-state index is 13.8. The van der Waals surface area contributed by atoms with E-state index in [1.54, 1.807) is 0 Å². The quantitative estimate of drug-likeness (QED) is 0.804. The highest BCUT2D eigenvalue weighted by molar-refractivity contribution is 5.93. The minimum Gasteiger partial charge on any atom is -0.468 e. The van der Waals surface area contributed by atoms with Crippen LogP contribution in [0.3, 0.4) is 0 Å². The van der Waals surface area contributed by atoms with E-state index >= 15 is 0 Å². The van der Waals surface area contributed by atoms with E-state index in [0.717, 1.165) is 5.56 Å². The largest absolute Gasteiger partial charge is 0.468 e. The van der Waals surface area contributed by atoms with Crippen LogP contribution in [0.2, 0.25) is 0 Å². The van der Waals surface area contributed by atoms with Crippen molar-refractivity contribution in [2.75, 3.05) is 24.3 Å². The minimum absolute atomic E-state index is 0.0421. The average Bonchev–Trinajstić information content (AvgIpc) is 2.56. The number of esters is 1. The molecule has 0 aliphatic carbocycles. The lowest BCUT2D eigenvalue weighted by molar-refractivity contribution is -0.138. The predicted octanol–water partition coefficient (Wildman–Crippen LogP) is 2.59. The van der Waals surface area contributed by atoms with Crippen molar-refractivity contribution in [3.05, 3.63) is 59.9 Å². The molecule has 2 rings (SSSR count). The van der Waals surface area contributed by atoms with Gasteiger partial charge in [0.05, 0.1) is 19.2 Å². The first-order valence-corrected chi connectivity index (χ1v) is 7.02. The van der Waals surface area contributed by atoms with Gasteiger partial charge in [0.25, 0.3) is 0 Å². The third-order valence-electron chi connectivity index (χ3n) is 3.11. The van der Waals surface area contributed by atoms with Crippen LogP contribution in [0, 0.1) is 5.82 Å². The Balaban J connectivity index is 2.01. The van der Waals surface area contributed by atoms with E-state index < -0.39 is 11.8 Å². The first kappa shape index (κ1) is 16.5. The smallest absolute Gasteiger partial charge is 0.325 e. The van der Waals surface area contributed by atoms with Gasteiger partial charge in [0, 0.05) is 5.69 Å². The number of hydrogen-bond acceptors (Lipinski definition) is 4. The lowest BCUT2D eigenvalue weighted by Gasteiger charge is -2.10. The number of carbonyl (C=O) groups excluding carboxylic acids is 2. The van der Waals surface area contributed by atoms with E-state index in [1.807, 2.05) is 30.3 Å². The number of amides is 1. The fraction of sp³-hybridized carbons (Fsp3) is 0.176. The van der Waals surface area contributed by atoms with Gasteiger partial charge in [-0.3, -0.25) is 9.59 Å². The Hall–Kier alpha value is -2.89. The van der Waals surface area contributed by atoms with Crippen LogP contribution in [0.25, 0.3) is 0 Å². The van der Waals surface area contributed by atoms with Crippen molar-refractivity contribution in [1.82, 2.24) is 0 Å². The molecular formula is C17H17FN2O3. The number of nitrogens with one attached hydrogen (secondary N) is 2. The molecule has 0 atom stereocenters. The van der Waals surface area contributed by atoms with Gasteiger partial charge in [-0.2, -0.15) is 0 Å². The molecule has 2 aromatic rings. The van der Waals surface area contributed by atoms with Gasteiger partial charge in [-0.25, -0.2) is 4.39 Å². The predicted molar refractivity (Wildman–Crippen MR) is 85.7 cm³/mol. The zero-order valence-corrected chi connectivity index (χ0v) is 12.6. The van der Waals surface area contributed by atoms with Crippen LogP contribution in [0.15, 0.2) is 48.5 Å². The van der Waals surface area contributed by atoms with Crippen LogP contribution in [0.4, 0.5) is 15.8 Å². The van der Waals surface area contributed by atoms with Crippen LogP contribution in [-0.2, 0) is 20.7 Å². The lowest BCUT2D eigenvalue weighted by Crippen LogP contribution is -2.17. The number of halogens is 1. The summed E-state index contributed by atoms with van der Waals surface area (Å²) in [6.45, 7) is -0.0421. The van der Waals surface area contributed by atoms with Crippen molar-refractivity contribution in [2.24, 2.45) is 0 Å². The summed E-state index contributed by atoms with van der Waals surface area (Å²) in [6, 6.07) is 13.3. The Morgan fingerprint density at radius 1 is 1.13 bits per heavy atom. The first-order valence-electron chi connectivity index (χ1n) is 7.02. The maximum Gasteiger partial charge on any atom is 0.325 e. The molecule has 0 heterocycles. The molecule has 6 heteroatoms. The highest BCUT2D eigenvalue weighted by Gasteiger charge is 2.09. The van der Waals surface area contributed by atoms with E-state index in [-0.39, 0.29) is 24.6 Å². The fourth-order valence-corrected chi connectivity index (χ4v) is 1.95. The number of hydrogen-bond donors (Lipinski definition) is 2. The molecule has 0 saturated heterocycles. The summed E-state index contributed by atoms with van der Waals surface area (Å²) < 4.78 is 18.3.